The van der Waals surface area contributed by atoms with Crippen molar-refractivity contribution >= 4 is 6.09 Å². The van der Waals surface area contributed by atoms with Crippen LogP contribution in [-0.2, 0) is 9.47 Å². The third kappa shape index (κ3) is 7.14. The van der Waals surface area contributed by atoms with E-state index in [1.165, 1.54) is 0 Å². The SMILES string of the molecule is COCCC(C)(C)CNC1CCN(C(=O)OC(C)(C)C)C1. The lowest BCUT2D eigenvalue weighted by atomic mass is 9.89. The van der Waals surface area contributed by atoms with Gasteiger partial charge in [0.2, 0.25) is 0 Å². The zero-order valence-corrected chi connectivity index (χ0v) is 14.5. The van der Waals surface area contributed by atoms with Crippen molar-refractivity contribution in [1.29, 1.82) is 0 Å². The maximum Gasteiger partial charge on any atom is 0.410 e. The summed E-state index contributed by atoms with van der Waals surface area (Å²) in [5.41, 5.74) is -0.222. The Morgan fingerprint density at radius 3 is 2.52 bits per heavy atom. The molecule has 0 radical (unpaired) electrons. The van der Waals surface area contributed by atoms with Gasteiger partial charge in [0, 0.05) is 39.4 Å². The van der Waals surface area contributed by atoms with Crippen LogP contribution in [0, 0.1) is 5.41 Å². The van der Waals surface area contributed by atoms with E-state index in [2.05, 4.69) is 19.2 Å². The van der Waals surface area contributed by atoms with E-state index in [-0.39, 0.29) is 11.5 Å². The fraction of sp³-hybridized carbons (Fsp3) is 0.938. The van der Waals surface area contributed by atoms with Crippen LogP contribution >= 0.6 is 0 Å². The van der Waals surface area contributed by atoms with Gasteiger partial charge in [-0.15, -0.1) is 0 Å². The lowest BCUT2D eigenvalue weighted by Crippen LogP contribution is -2.41. The van der Waals surface area contributed by atoms with Gasteiger partial charge in [0.15, 0.2) is 0 Å². The summed E-state index contributed by atoms with van der Waals surface area (Å²) in [6.07, 6.45) is 1.81. The van der Waals surface area contributed by atoms with E-state index in [0.29, 0.717) is 6.04 Å². The van der Waals surface area contributed by atoms with Crippen LogP contribution in [0.3, 0.4) is 0 Å². The van der Waals surface area contributed by atoms with E-state index in [1.807, 2.05) is 20.8 Å². The zero-order chi connectivity index (χ0) is 16.1. The molecule has 0 aromatic rings. The Bertz CT molecular complexity index is 337. The Morgan fingerprint density at radius 1 is 1.29 bits per heavy atom. The minimum absolute atomic E-state index is 0.203. The van der Waals surface area contributed by atoms with E-state index < -0.39 is 5.60 Å². The number of nitrogens with one attached hydrogen (secondary N) is 1. The molecule has 1 saturated heterocycles. The monoisotopic (exact) mass is 300 g/mol. The molecule has 0 spiro atoms. The van der Waals surface area contributed by atoms with Gasteiger partial charge in [-0.05, 0) is 39.0 Å². The predicted molar refractivity (Wildman–Crippen MR) is 84.5 cm³/mol. The largest absolute Gasteiger partial charge is 0.444 e. The minimum Gasteiger partial charge on any atom is -0.444 e. The number of carbonyl (C=O) groups is 1. The molecule has 0 saturated carbocycles. The highest BCUT2D eigenvalue weighted by molar-refractivity contribution is 5.68. The van der Waals surface area contributed by atoms with Crippen molar-refractivity contribution in [2.24, 2.45) is 5.41 Å². The van der Waals surface area contributed by atoms with Crippen LogP contribution in [0.5, 0.6) is 0 Å². The molecular formula is C16H32N2O3. The molecule has 1 aliphatic heterocycles. The van der Waals surface area contributed by atoms with Crippen molar-refractivity contribution in [3.05, 3.63) is 0 Å². The molecule has 124 valence electrons. The van der Waals surface area contributed by atoms with Crippen molar-refractivity contribution in [3.63, 3.8) is 0 Å². The molecule has 1 rings (SSSR count). The Hall–Kier alpha value is -0.810. The molecule has 0 bridgehead atoms. The van der Waals surface area contributed by atoms with E-state index in [9.17, 15) is 4.79 Å². The minimum atomic E-state index is -0.426. The number of likely N-dealkylation sites (tertiary alicyclic amines) is 1. The number of hydrogen-bond donors (Lipinski definition) is 1. The fourth-order valence-electron chi connectivity index (χ4n) is 2.31. The average Bonchev–Trinajstić information content (AvgIpc) is 2.81. The molecule has 5 heteroatoms. The maximum absolute atomic E-state index is 12.0. The lowest BCUT2D eigenvalue weighted by Gasteiger charge is -2.27. The number of nitrogens with zero attached hydrogens (tertiary/aromatic N) is 1. The van der Waals surface area contributed by atoms with Crippen molar-refractivity contribution in [1.82, 2.24) is 10.2 Å². The highest BCUT2D eigenvalue weighted by Gasteiger charge is 2.30. The van der Waals surface area contributed by atoms with Gasteiger partial charge >= 0.3 is 6.09 Å². The van der Waals surface area contributed by atoms with Crippen LogP contribution < -0.4 is 5.32 Å². The highest BCUT2D eigenvalue weighted by atomic mass is 16.6. The van der Waals surface area contributed by atoms with Crippen LogP contribution in [0.1, 0.15) is 47.5 Å². The van der Waals surface area contributed by atoms with Gasteiger partial charge in [-0.1, -0.05) is 13.8 Å². The van der Waals surface area contributed by atoms with Crippen molar-refractivity contribution in [2.45, 2.75) is 59.1 Å². The fourth-order valence-corrected chi connectivity index (χ4v) is 2.31. The number of hydrogen-bond acceptors (Lipinski definition) is 4. The number of carbonyl (C=O) groups excluding carboxylic acids is 1. The summed E-state index contributed by atoms with van der Waals surface area (Å²) in [4.78, 5) is 13.8. The van der Waals surface area contributed by atoms with Crippen LogP contribution in [0.2, 0.25) is 0 Å². The maximum atomic E-state index is 12.0. The summed E-state index contributed by atoms with van der Waals surface area (Å²) in [5.74, 6) is 0. The molecule has 1 amide bonds. The first kappa shape index (κ1) is 18.2. The third-order valence-corrected chi connectivity index (χ3v) is 3.69. The predicted octanol–water partition coefficient (Wildman–Crippen LogP) is 2.65. The molecule has 1 heterocycles. The summed E-state index contributed by atoms with van der Waals surface area (Å²) < 4.78 is 10.6. The molecule has 0 aliphatic carbocycles. The Morgan fingerprint density at radius 2 is 1.95 bits per heavy atom. The van der Waals surface area contributed by atoms with Gasteiger partial charge in [0.1, 0.15) is 5.60 Å². The van der Waals surface area contributed by atoms with Crippen LogP contribution in [0.25, 0.3) is 0 Å². The standard InChI is InChI=1S/C16H32N2O3/c1-15(2,3)21-14(19)18-9-7-13(11-18)17-12-16(4,5)8-10-20-6/h13,17H,7-12H2,1-6H3. The number of methoxy groups -OCH3 is 1. The molecule has 1 aliphatic rings. The van der Waals surface area contributed by atoms with Gasteiger partial charge < -0.3 is 19.7 Å². The van der Waals surface area contributed by atoms with E-state index >= 15 is 0 Å². The lowest BCUT2D eigenvalue weighted by molar-refractivity contribution is 0.0290. The van der Waals surface area contributed by atoms with Crippen molar-refractivity contribution < 1.29 is 14.3 Å². The molecule has 1 fully saturated rings. The normalized spacial score (nSPS) is 19.9. The second-order valence-corrected chi connectivity index (χ2v) is 7.70. The van der Waals surface area contributed by atoms with Gasteiger partial charge in [0.25, 0.3) is 0 Å². The highest BCUT2D eigenvalue weighted by Crippen LogP contribution is 2.21. The first-order chi connectivity index (χ1) is 9.63. The Labute approximate surface area is 129 Å². The summed E-state index contributed by atoms with van der Waals surface area (Å²) in [6, 6.07) is 0.360. The topological polar surface area (TPSA) is 50.8 Å². The van der Waals surface area contributed by atoms with Gasteiger partial charge in [-0.25, -0.2) is 4.79 Å². The molecule has 1 unspecified atom stereocenters. The first-order valence-electron chi connectivity index (χ1n) is 7.83. The van der Waals surface area contributed by atoms with Gasteiger partial charge in [0.05, 0.1) is 0 Å². The Balaban J connectivity index is 2.33. The van der Waals surface area contributed by atoms with E-state index in [0.717, 1.165) is 39.1 Å². The molecule has 1 atom stereocenters. The summed E-state index contributed by atoms with van der Waals surface area (Å²) in [6.45, 7) is 13.4. The van der Waals surface area contributed by atoms with Crippen molar-refractivity contribution in [2.75, 3.05) is 33.4 Å². The molecule has 0 aromatic heterocycles. The number of ether oxygens (including phenoxy) is 2. The molecule has 1 N–H and O–H groups in total. The number of amides is 1. The quantitative estimate of drug-likeness (QED) is 0.819. The third-order valence-electron chi connectivity index (χ3n) is 3.69. The number of rotatable bonds is 6. The van der Waals surface area contributed by atoms with Gasteiger partial charge in [-0.3, -0.25) is 0 Å². The smallest absolute Gasteiger partial charge is 0.410 e. The van der Waals surface area contributed by atoms with Gasteiger partial charge in [-0.2, -0.15) is 0 Å². The summed E-state index contributed by atoms with van der Waals surface area (Å²) in [7, 11) is 1.74. The molecule has 21 heavy (non-hydrogen) atoms. The van der Waals surface area contributed by atoms with Crippen molar-refractivity contribution in [3.8, 4) is 0 Å². The summed E-state index contributed by atoms with van der Waals surface area (Å²) >= 11 is 0. The summed E-state index contributed by atoms with van der Waals surface area (Å²) in [5, 5.41) is 3.57. The molecule has 0 aromatic carbocycles. The van der Waals surface area contributed by atoms with E-state index in [4.69, 9.17) is 9.47 Å². The average molecular weight is 300 g/mol. The van der Waals surface area contributed by atoms with Crippen LogP contribution in [0.4, 0.5) is 4.79 Å². The van der Waals surface area contributed by atoms with Crippen LogP contribution in [0.15, 0.2) is 0 Å². The first-order valence-corrected chi connectivity index (χ1v) is 7.83. The second kappa shape index (κ2) is 7.45. The van der Waals surface area contributed by atoms with E-state index in [1.54, 1.807) is 12.0 Å². The molecule has 5 nitrogen and oxygen atoms in total. The Kier molecular flexibility index (Phi) is 6.47. The van der Waals surface area contributed by atoms with Crippen LogP contribution in [-0.4, -0.2) is 56.0 Å². The molecular weight excluding hydrogens is 268 g/mol. The zero-order valence-electron chi connectivity index (χ0n) is 14.5. The second-order valence-electron chi connectivity index (χ2n) is 7.70.